The van der Waals surface area contributed by atoms with Gasteiger partial charge in [0.15, 0.2) is 0 Å². The first kappa shape index (κ1) is 21.2. The third-order valence-corrected chi connectivity index (χ3v) is 4.31. The minimum Gasteiger partial charge on any atom is -0.389 e. The van der Waals surface area contributed by atoms with Gasteiger partial charge in [-0.05, 0) is 32.6 Å². The molecule has 4 nitrogen and oxygen atoms in total. The van der Waals surface area contributed by atoms with Crippen molar-refractivity contribution < 1.29 is 28.1 Å². The van der Waals surface area contributed by atoms with Gasteiger partial charge < -0.3 is 14.9 Å². The third-order valence-electron chi connectivity index (χ3n) is 4.31. The van der Waals surface area contributed by atoms with Gasteiger partial charge in [0.1, 0.15) is 6.10 Å². The average Bonchev–Trinajstić information content (AvgIpc) is 2.49. The van der Waals surface area contributed by atoms with E-state index in [1.54, 1.807) is 32.1 Å². The van der Waals surface area contributed by atoms with Gasteiger partial charge >= 0.3 is 6.18 Å². The van der Waals surface area contributed by atoms with Crippen molar-refractivity contribution >= 4 is 0 Å². The van der Waals surface area contributed by atoms with Crippen LogP contribution in [0.1, 0.15) is 39.5 Å². The summed E-state index contributed by atoms with van der Waals surface area (Å²) in [4.78, 5) is 0. The van der Waals surface area contributed by atoms with E-state index in [-0.39, 0.29) is 18.9 Å². The first-order valence-corrected chi connectivity index (χ1v) is 8.19. The van der Waals surface area contributed by atoms with Crippen molar-refractivity contribution in [3.63, 3.8) is 0 Å². The van der Waals surface area contributed by atoms with Crippen molar-refractivity contribution in [3.8, 4) is 0 Å². The maximum atomic E-state index is 13.2. The van der Waals surface area contributed by atoms with E-state index in [1.165, 1.54) is 7.11 Å². The summed E-state index contributed by atoms with van der Waals surface area (Å²) in [5, 5.41) is 22.5. The number of nitrogens with one attached hydrogen (secondary N) is 1. The van der Waals surface area contributed by atoms with Crippen LogP contribution in [0.2, 0.25) is 0 Å². The number of hydrogen-bond donors (Lipinski definition) is 3. The molecule has 0 aromatic carbocycles. The molecule has 0 bridgehead atoms. The summed E-state index contributed by atoms with van der Waals surface area (Å²) in [5.74, 6) is -0.302. The van der Waals surface area contributed by atoms with E-state index in [4.69, 9.17) is 4.74 Å². The van der Waals surface area contributed by atoms with Gasteiger partial charge in [-0.2, -0.15) is 13.2 Å². The van der Waals surface area contributed by atoms with Crippen LogP contribution in [0.15, 0.2) is 23.8 Å². The highest BCUT2D eigenvalue weighted by Crippen LogP contribution is 2.32. The van der Waals surface area contributed by atoms with Crippen LogP contribution in [0.5, 0.6) is 0 Å². The number of allylic oxidation sites excluding steroid dienone is 1. The Hall–Kier alpha value is -0.890. The Morgan fingerprint density at radius 2 is 2.00 bits per heavy atom. The molecule has 0 radical (unpaired) electrons. The quantitative estimate of drug-likeness (QED) is 0.636. The Labute approximate surface area is 141 Å². The van der Waals surface area contributed by atoms with E-state index in [2.05, 4.69) is 5.32 Å². The number of halogens is 3. The Morgan fingerprint density at radius 3 is 2.58 bits per heavy atom. The maximum Gasteiger partial charge on any atom is 0.430 e. The number of aliphatic hydroxyl groups is 2. The molecular formula is C17H28F3NO3. The number of methoxy groups -OCH3 is 1. The lowest BCUT2D eigenvalue weighted by Crippen LogP contribution is -2.57. The number of hydrogen-bond acceptors (Lipinski definition) is 4. The van der Waals surface area contributed by atoms with Crippen LogP contribution in [0, 0.1) is 5.92 Å². The van der Waals surface area contributed by atoms with Crippen LogP contribution in [-0.4, -0.2) is 48.0 Å². The minimum atomic E-state index is -4.74. The molecule has 4 atom stereocenters. The molecule has 1 heterocycles. The molecule has 2 unspecified atom stereocenters. The van der Waals surface area contributed by atoms with E-state index in [0.29, 0.717) is 18.4 Å². The van der Waals surface area contributed by atoms with Gasteiger partial charge in [-0.3, -0.25) is 5.32 Å². The molecule has 24 heavy (non-hydrogen) atoms. The minimum absolute atomic E-state index is 0.111. The van der Waals surface area contributed by atoms with Gasteiger partial charge in [0, 0.05) is 19.6 Å². The molecule has 140 valence electrons. The molecule has 0 aromatic heterocycles. The molecule has 1 aliphatic rings. The largest absolute Gasteiger partial charge is 0.430 e. The summed E-state index contributed by atoms with van der Waals surface area (Å²) in [7, 11) is 1.51. The van der Waals surface area contributed by atoms with Gasteiger partial charge in [0.2, 0.25) is 5.72 Å². The van der Waals surface area contributed by atoms with Crippen molar-refractivity contribution in [2.45, 2.75) is 63.6 Å². The zero-order chi connectivity index (χ0) is 18.4. The zero-order valence-electron chi connectivity index (χ0n) is 14.4. The predicted octanol–water partition coefficient (Wildman–Crippen LogP) is 2.92. The van der Waals surface area contributed by atoms with E-state index < -0.39 is 30.5 Å². The summed E-state index contributed by atoms with van der Waals surface area (Å²) in [5.41, 5.74) is -2.28. The second-order valence-electron chi connectivity index (χ2n) is 6.45. The molecule has 0 aromatic rings. The number of aliphatic hydroxyl groups excluding tert-OH is 1. The van der Waals surface area contributed by atoms with Crippen molar-refractivity contribution in [3.05, 3.63) is 23.8 Å². The van der Waals surface area contributed by atoms with Crippen LogP contribution in [0.3, 0.4) is 0 Å². The Bertz CT molecular complexity index is 451. The highest BCUT2D eigenvalue weighted by molar-refractivity contribution is 5.08. The highest BCUT2D eigenvalue weighted by atomic mass is 19.4. The van der Waals surface area contributed by atoms with Gasteiger partial charge in [0.25, 0.3) is 0 Å². The summed E-state index contributed by atoms with van der Waals surface area (Å²) >= 11 is 0. The molecule has 1 rings (SSSR count). The number of alkyl halides is 3. The fourth-order valence-electron chi connectivity index (χ4n) is 2.73. The lowest BCUT2D eigenvalue weighted by atomic mass is 9.95. The lowest BCUT2D eigenvalue weighted by Gasteiger charge is -2.32. The van der Waals surface area contributed by atoms with E-state index >= 15 is 0 Å². The topological polar surface area (TPSA) is 61.7 Å². The van der Waals surface area contributed by atoms with E-state index in [9.17, 15) is 23.4 Å². The fourth-order valence-corrected chi connectivity index (χ4v) is 2.73. The number of ether oxygens (including phenoxy) is 1. The zero-order valence-corrected chi connectivity index (χ0v) is 14.4. The third kappa shape index (κ3) is 5.88. The second-order valence-corrected chi connectivity index (χ2v) is 6.45. The predicted molar refractivity (Wildman–Crippen MR) is 86.3 cm³/mol. The van der Waals surface area contributed by atoms with Crippen LogP contribution in [0.4, 0.5) is 13.2 Å². The molecule has 0 saturated carbocycles. The first-order valence-electron chi connectivity index (χ1n) is 8.19. The standard InChI is InChI=1S/C17H28F3NO3/c1-12-10-13(2)15(22)14(24-3)8-6-4-5-7-9-16(23,21-11-12)17(18,19)20/h6,8,10,13-15,21-23H,4-5,7,9,11H2,1-3H3/b8-6+,12-10-/t13-,14?,15+,16?/m1/s1. The Morgan fingerprint density at radius 1 is 1.33 bits per heavy atom. The Balaban J connectivity index is 2.98. The summed E-state index contributed by atoms with van der Waals surface area (Å²) in [6.45, 7) is 3.33. The molecule has 0 fully saturated rings. The normalized spacial score (nSPS) is 38.0. The Kier molecular flexibility index (Phi) is 7.92. The van der Waals surface area contributed by atoms with Gasteiger partial charge in [-0.15, -0.1) is 0 Å². The average molecular weight is 351 g/mol. The van der Waals surface area contributed by atoms with Crippen molar-refractivity contribution in [2.24, 2.45) is 5.92 Å². The second kappa shape index (κ2) is 8.99. The summed E-state index contributed by atoms with van der Waals surface area (Å²) < 4.78 is 44.8. The van der Waals surface area contributed by atoms with Crippen LogP contribution in [0.25, 0.3) is 0 Å². The maximum absolute atomic E-state index is 13.2. The van der Waals surface area contributed by atoms with Crippen LogP contribution in [-0.2, 0) is 4.74 Å². The molecule has 3 N–H and O–H groups in total. The molecule has 0 spiro atoms. The van der Waals surface area contributed by atoms with E-state index in [1.807, 2.05) is 0 Å². The van der Waals surface area contributed by atoms with Gasteiger partial charge in [-0.1, -0.05) is 30.7 Å². The smallest absolute Gasteiger partial charge is 0.389 e. The first-order chi connectivity index (χ1) is 11.1. The molecule has 7 heteroatoms. The fraction of sp³-hybridized carbons (Fsp3) is 0.765. The van der Waals surface area contributed by atoms with Crippen LogP contribution >= 0.6 is 0 Å². The monoisotopic (exact) mass is 351 g/mol. The summed E-state index contributed by atoms with van der Waals surface area (Å²) in [6.07, 6.45) is 0.120. The molecule has 0 aliphatic carbocycles. The van der Waals surface area contributed by atoms with Crippen LogP contribution < -0.4 is 5.32 Å². The lowest BCUT2D eigenvalue weighted by molar-refractivity contribution is -0.275. The SMILES string of the molecule is COC1/C=C/CCCCC(O)(C(F)(F)F)NC/C(C)=C\[C@@H](C)[C@@H]1O. The van der Waals surface area contributed by atoms with E-state index in [0.717, 1.165) is 0 Å². The highest BCUT2D eigenvalue weighted by Gasteiger charge is 2.52. The van der Waals surface area contributed by atoms with Gasteiger partial charge in [0.05, 0.1) is 6.10 Å². The van der Waals surface area contributed by atoms with Gasteiger partial charge in [-0.25, -0.2) is 0 Å². The molecule has 0 saturated heterocycles. The molecule has 1 aliphatic heterocycles. The van der Waals surface area contributed by atoms with Crippen molar-refractivity contribution in [1.82, 2.24) is 5.32 Å². The number of rotatable bonds is 1. The van der Waals surface area contributed by atoms with Crippen molar-refractivity contribution in [1.29, 1.82) is 0 Å². The molecule has 0 amide bonds. The summed E-state index contributed by atoms with van der Waals surface area (Å²) in [6, 6.07) is 0. The molecular weight excluding hydrogens is 323 g/mol. The van der Waals surface area contributed by atoms with Crippen molar-refractivity contribution in [2.75, 3.05) is 13.7 Å².